The molecule has 1 aliphatic heterocycles. The van der Waals surface area contributed by atoms with Gasteiger partial charge in [0, 0.05) is 25.0 Å². The Kier molecular flexibility index (Phi) is 6.46. The van der Waals surface area contributed by atoms with Crippen LogP contribution in [0.3, 0.4) is 0 Å². The van der Waals surface area contributed by atoms with E-state index < -0.39 is 0 Å². The highest BCUT2D eigenvalue weighted by atomic mass is 16.5. The van der Waals surface area contributed by atoms with Gasteiger partial charge in [0.25, 0.3) is 0 Å². The van der Waals surface area contributed by atoms with Gasteiger partial charge >= 0.3 is 0 Å². The van der Waals surface area contributed by atoms with Crippen LogP contribution in [0.5, 0.6) is 0 Å². The van der Waals surface area contributed by atoms with Crippen molar-refractivity contribution in [2.45, 2.75) is 39.5 Å². The average Bonchev–Trinajstić information content (AvgIpc) is 2.67. The van der Waals surface area contributed by atoms with Crippen LogP contribution in [-0.2, 0) is 9.53 Å². The molecule has 1 N–H and O–H groups in total. The zero-order valence-electron chi connectivity index (χ0n) is 16.5. The van der Waals surface area contributed by atoms with Crippen molar-refractivity contribution in [1.29, 1.82) is 0 Å². The molecule has 1 atom stereocenters. The molecule has 1 heterocycles. The molecule has 2 aromatic rings. The normalized spacial score (nSPS) is 16.4. The molecule has 0 bridgehead atoms. The number of benzene rings is 2. The van der Waals surface area contributed by atoms with E-state index in [9.17, 15) is 4.79 Å². The van der Waals surface area contributed by atoms with Crippen LogP contribution in [0.4, 0.5) is 5.69 Å². The van der Waals surface area contributed by atoms with E-state index in [2.05, 4.69) is 37.4 Å². The second-order valence-electron chi connectivity index (χ2n) is 7.55. The monoisotopic (exact) mass is 363 g/mol. The first-order chi connectivity index (χ1) is 13.0. The molecule has 27 heavy (non-hydrogen) atoms. The zero-order chi connectivity index (χ0) is 19.2. The van der Waals surface area contributed by atoms with Crippen LogP contribution in [0.1, 0.15) is 47.9 Å². The molecule has 3 heteroatoms. The number of nitrogens with one attached hydrogen (secondary N) is 1. The van der Waals surface area contributed by atoms with Crippen LogP contribution >= 0.6 is 0 Å². The summed E-state index contributed by atoms with van der Waals surface area (Å²) in [5, 5.41) is 2.97. The van der Waals surface area contributed by atoms with Crippen LogP contribution in [0, 0.1) is 19.8 Å². The summed E-state index contributed by atoms with van der Waals surface area (Å²) in [6.45, 7) is 8.22. The van der Waals surface area contributed by atoms with Crippen molar-refractivity contribution in [3.05, 3.63) is 70.8 Å². The molecule has 0 aliphatic carbocycles. The van der Waals surface area contributed by atoms with E-state index in [1.54, 1.807) is 6.08 Å². The molecule has 0 saturated carbocycles. The first kappa shape index (κ1) is 19.4. The molecular formula is C24H29NO2. The largest absolute Gasteiger partial charge is 0.381 e. The Balaban J connectivity index is 1.63. The highest BCUT2D eigenvalue weighted by Crippen LogP contribution is 2.34. The Morgan fingerprint density at radius 3 is 2.63 bits per heavy atom. The van der Waals surface area contributed by atoms with E-state index in [4.69, 9.17) is 4.74 Å². The molecule has 0 radical (unpaired) electrons. The second kappa shape index (κ2) is 9.01. The minimum absolute atomic E-state index is 0.110. The first-order valence-electron chi connectivity index (χ1n) is 9.77. The van der Waals surface area contributed by atoms with E-state index in [0.717, 1.165) is 37.3 Å². The number of rotatable bonds is 5. The number of hydrogen-bond donors (Lipinski definition) is 1. The third-order valence-corrected chi connectivity index (χ3v) is 5.47. The fraction of sp³-hybridized carbons (Fsp3) is 0.375. The molecular weight excluding hydrogens is 334 g/mol. The fourth-order valence-corrected chi connectivity index (χ4v) is 3.86. The molecule has 3 rings (SSSR count). The van der Waals surface area contributed by atoms with E-state index in [0.29, 0.717) is 11.8 Å². The number of hydrogen-bond acceptors (Lipinski definition) is 2. The van der Waals surface area contributed by atoms with Crippen LogP contribution in [0.15, 0.2) is 48.5 Å². The highest BCUT2D eigenvalue weighted by Gasteiger charge is 2.22. The van der Waals surface area contributed by atoms with Crippen LogP contribution in [0.25, 0.3) is 6.08 Å². The Morgan fingerprint density at radius 2 is 1.93 bits per heavy atom. The van der Waals surface area contributed by atoms with Gasteiger partial charge in [-0.15, -0.1) is 0 Å². The summed E-state index contributed by atoms with van der Waals surface area (Å²) in [4.78, 5) is 12.2. The van der Waals surface area contributed by atoms with Gasteiger partial charge in [0.1, 0.15) is 0 Å². The Bertz CT molecular complexity index is 819. The maximum atomic E-state index is 12.2. The van der Waals surface area contributed by atoms with Crippen LogP contribution in [0.2, 0.25) is 0 Å². The molecule has 1 unspecified atom stereocenters. The van der Waals surface area contributed by atoms with Crippen molar-refractivity contribution in [2.75, 3.05) is 18.5 Å². The van der Waals surface area contributed by atoms with Gasteiger partial charge in [0.2, 0.25) is 5.91 Å². The van der Waals surface area contributed by atoms with Crippen molar-refractivity contribution >= 4 is 17.7 Å². The lowest BCUT2D eigenvalue weighted by molar-refractivity contribution is -0.111. The Morgan fingerprint density at radius 1 is 1.15 bits per heavy atom. The van der Waals surface area contributed by atoms with Gasteiger partial charge in [-0.05, 0) is 73.4 Å². The Hall–Kier alpha value is -2.39. The van der Waals surface area contributed by atoms with Crippen LogP contribution < -0.4 is 5.32 Å². The number of ether oxygens (including phenoxy) is 1. The molecule has 2 aromatic carbocycles. The van der Waals surface area contributed by atoms with Crippen molar-refractivity contribution in [1.82, 2.24) is 0 Å². The SMILES string of the molecule is Cc1cccc(/C=C/C(=O)Nc2ccc(C(C)C3CCOCC3)c(C)c2)c1. The van der Waals surface area contributed by atoms with Gasteiger partial charge in [-0.25, -0.2) is 0 Å². The van der Waals surface area contributed by atoms with Gasteiger partial charge in [-0.1, -0.05) is 42.8 Å². The third-order valence-electron chi connectivity index (χ3n) is 5.47. The van der Waals surface area contributed by atoms with Gasteiger partial charge in [0.15, 0.2) is 0 Å². The highest BCUT2D eigenvalue weighted by molar-refractivity contribution is 6.02. The number of aryl methyl sites for hydroxylation is 2. The van der Waals surface area contributed by atoms with Gasteiger partial charge in [0.05, 0.1) is 0 Å². The molecule has 1 saturated heterocycles. The van der Waals surface area contributed by atoms with Crippen molar-refractivity contribution < 1.29 is 9.53 Å². The summed E-state index contributed by atoms with van der Waals surface area (Å²) in [6.07, 6.45) is 5.69. The van der Waals surface area contributed by atoms with E-state index in [1.807, 2.05) is 37.3 Å². The molecule has 3 nitrogen and oxygen atoms in total. The third kappa shape index (κ3) is 5.30. The predicted molar refractivity (Wildman–Crippen MR) is 112 cm³/mol. The molecule has 1 fully saturated rings. The summed E-state index contributed by atoms with van der Waals surface area (Å²) in [7, 11) is 0. The standard InChI is InChI=1S/C24H29NO2/c1-17-5-4-6-20(15-17)7-10-24(26)25-22-8-9-23(18(2)16-22)19(3)21-11-13-27-14-12-21/h4-10,15-16,19,21H,11-14H2,1-3H3,(H,25,26)/b10-7+. The summed E-state index contributed by atoms with van der Waals surface area (Å²) in [6, 6.07) is 14.3. The van der Waals surface area contributed by atoms with Gasteiger partial charge in [-0.2, -0.15) is 0 Å². The minimum atomic E-state index is -0.110. The van der Waals surface area contributed by atoms with Gasteiger partial charge < -0.3 is 10.1 Å². The molecule has 0 spiro atoms. The fourth-order valence-electron chi connectivity index (χ4n) is 3.86. The maximum absolute atomic E-state index is 12.2. The minimum Gasteiger partial charge on any atom is -0.381 e. The number of anilines is 1. The summed E-state index contributed by atoms with van der Waals surface area (Å²) < 4.78 is 5.49. The maximum Gasteiger partial charge on any atom is 0.248 e. The molecule has 1 aliphatic rings. The second-order valence-corrected chi connectivity index (χ2v) is 7.55. The van der Waals surface area contributed by atoms with Crippen molar-refractivity contribution in [3.63, 3.8) is 0 Å². The number of amides is 1. The number of carbonyl (C=O) groups is 1. The lowest BCUT2D eigenvalue weighted by atomic mass is 9.81. The zero-order valence-corrected chi connectivity index (χ0v) is 16.5. The van der Waals surface area contributed by atoms with E-state index in [-0.39, 0.29) is 5.91 Å². The lowest BCUT2D eigenvalue weighted by Crippen LogP contribution is -2.21. The average molecular weight is 364 g/mol. The molecule has 142 valence electrons. The molecule has 0 aromatic heterocycles. The smallest absolute Gasteiger partial charge is 0.248 e. The van der Waals surface area contributed by atoms with E-state index >= 15 is 0 Å². The Labute approximate surface area is 162 Å². The van der Waals surface area contributed by atoms with Crippen molar-refractivity contribution in [2.24, 2.45) is 5.92 Å². The summed E-state index contributed by atoms with van der Waals surface area (Å²) in [5.41, 5.74) is 5.66. The topological polar surface area (TPSA) is 38.3 Å². The summed E-state index contributed by atoms with van der Waals surface area (Å²) in [5.74, 6) is 1.08. The summed E-state index contributed by atoms with van der Waals surface area (Å²) >= 11 is 0. The predicted octanol–water partition coefficient (Wildman–Crippen LogP) is 5.49. The van der Waals surface area contributed by atoms with Gasteiger partial charge in [-0.3, -0.25) is 4.79 Å². The quantitative estimate of drug-likeness (QED) is 0.714. The first-order valence-corrected chi connectivity index (χ1v) is 9.77. The number of carbonyl (C=O) groups excluding carboxylic acids is 1. The van der Waals surface area contributed by atoms with Crippen LogP contribution in [-0.4, -0.2) is 19.1 Å². The van der Waals surface area contributed by atoms with E-state index in [1.165, 1.54) is 16.7 Å². The molecule has 1 amide bonds. The lowest BCUT2D eigenvalue weighted by Gasteiger charge is -2.29. The van der Waals surface area contributed by atoms with Crippen molar-refractivity contribution in [3.8, 4) is 0 Å².